The molecule has 3 aromatic rings. The summed E-state index contributed by atoms with van der Waals surface area (Å²) in [5, 5.41) is 12.5. The van der Waals surface area contributed by atoms with E-state index in [-0.39, 0.29) is 24.5 Å². The highest BCUT2D eigenvalue weighted by Gasteiger charge is 2.18. The number of aromatic nitrogens is 3. The van der Waals surface area contributed by atoms with E-state index in [1.807, 2.05) is 25.1 Å². The first-order valence-corrected chi connectivity index (χ1v) is 9.77. The highest BCUT2D eigenvalue weighted by atomic mass is 35.5. The van der Waals surface area contributed by atoms with Crippen molar-refractivity contribution >= 4 is 46.5 Å². The summed E-state index contributed by atoms with van der Waals surface area (Å²) in [6.07, 6.45) is 1.66. The van der Waals surface area contributed by atoms with Crippen molar-refractivity contribution in [2.24, 2.45) is 0 Å². The van der Waals surface area contributed by atoms with E-state index in [0.29, 0.717) is 32.3 Å². The first kappa shape index (κ1) is 18.2. The molecule has 2 aromatic heterocycles. The Balaban J connectivity index is 1.40. The van der Waals surface area contributed by atoms with Gasteiger partial charge in [0.05, 0.1) is 21.8 Å². The Hall–Kier alpha value is -2.16. The minimum atomic E-state index is -0.174. The molecule has 4 rings (SSSR count). The number of benzene rings is 1. The third kappa shape index (κ3) is 3.78. The van der Waals surface area contributed by atoms with Crippen molar-refractivity contribution in [1.82, 2.24) is 19.9 Å². The topological polar surface area (TPSA) is 77.8 Å². The van der Waals surface area contributed by atoms with Crippen LogP contribution < -0.4 is 14.8 Å². The minimum Gasteiger partial charge on any atom is -0.454 e. The highest BCUT2D eigenvalue weighted by molar-refractivity contribution is 7.99. The minimum absolute atomic E-state index is 0.130. The quantitative estimate of drug-likeness (QED) is 0.628. The molecule has 1 amide bonds. The molecule has 1 aromatic carbocycles. The molecule has 27 heavy (non-hydrogen) atoms. The largest absolute Gasteiger partial charge is 0.454 e. The van der Waals surface area contributed by atoms with Crippen LogP contribution in [0.1, 0.15) is 18.5 Å². The van der Waals surface area contributed by atoms with Crippen LogP contribution >= 0.6 is 35.0 Å². The standard InChI is InChI=1S/C17H14Cl2N4O3S/c1-9(10-2-3-13-14(4-10)26-8-25-13)20-15(24)7-27-17-22-21-16-12(19)5-11(18)6-23(16)17/h2-6,9H,7-8H2,1H3,(H,20,24)/t9-/m0/s1. The molecular weight excluding hydrogens is 411 g/mol. The molecule has 0 aliphatic carbocycles. The Morgan fingerprint density at radius 2 is 2.11 bits per heavy atom. The molecule has 140 valence electrons. The lowest BCUT2D eigenvalue weighted by molar-refractivity contribution is -0.119. The van der Waals surface area contributed by atoms with Gasteiger partial charge in [-0.3, -0.25) is 9.20 Å². The van der Waals surface area contributed by atoms with Crippen LogP contribution in [0.5, 0.6) is 11.5 Å². The van der Waals surface area contributed by atoms with E-state index in [1.54, 1.807) is 16.7 Å². The summed E-state index contributed by atoms with van der Waals surface area (Å²) in [7, 11) is 0. The molecule has 0 fully saturated rings. The number of nitrogens with one attached hydrogen (secondary N) is 1. The molecule has 1 atom stereocenters. The summed E-state index contributed by atoms with van der Waals surface area (Å²) >= 11 is 13.4. The van der Waals surface area contributed by atoms with Crippen LogP contribution in [0, 0.1) is 0 Å². The number of halogens is 2. The molecule has 0 bridgehead atoms. The van der Waals surface area contributed by atoms with Crippen LogP contribution in [0.25, 0.3) is 5.65 Å². The van der Waals surface area contributed by atoms with Gasteiger partial charge in [0.15, 0.2) is 22.3 Å². The maximum Gasteiger partial charge on any atom is 0.231 e. The summed E-state index contributed by atoms with van der Waals surface area (Å²) in [6, 6.07) is 7.04. The SMILES string of the molecule is C[C@H](NC(=O)CSc1nnc2c(Cl)cc(Cl)cn12)c1ccc2c(c1)OCO2. The number of rotatable bonds is 5. The van der Waals surface area contributed by atoms with E-state index in [9.17, 15) is 4.79 Å². The zero-order valence-electron chi connectivity index (χ0n) is 14.1. The number of pyridine rings is 1. The lowest BCUT2D eigenvalue weighted by atomic mass is 10.1. The molecule has 0 saturated heterocycles. The zero-order valence-corrected chi connectivity index (χ0v) is 16.4. The van der Waals surface area contributed by atoms with Gasteiger partial charge in [-0.05, 0) is 30.7 Å². The first-order chi connectivity index (χ1) is 13.0. The second-order valence-electron chi connectivity index (χ2n) is 5.87. The number of nitrogens with zero attached hydrogens (tertiary/aromatic N) is 3. The second-order valence-corrected chi connectivity index (χ2v) is 7.66. The van der Waals surface area contributed by atoms with Crippen LogP contribution in [-0.2, 0) is 4.79 Å². The van der Waals surface area contributed by atoms with E-state index in [0.717, 1.165) is 5.56 Å². The fourth-order valence-electron chi connectivity index (χ4n) is 2.68. The van der Waals surface area contributed by atoms with Gasteiger partial charge in [0, 0.05) is 6.20 Å². The molecule has 1 aliphatic heterocycles. The Morgan fingerprint density at radius 3 is 2.96 bits per heavy atom. The monoisotopic (exact) mass is 424 g/mol. The summed E-state index contributed by atoms with van der Waals surface area (Å²) in [6.45, 7) is 2.13. The van der Waals surface area contributed by atoms with Crippen LogP contribution in [0.3, 0.4) is 0 Å². The molecule has 1 aliphatic rings. The van der Waals surface area contributed by atoms with Crippen molar-refractivity contribution < 1.29 is 14.3 Å². The molecule has 3 heterocycles. The van der Waals surface area contributed by atoms with Gasteiger partial charge < -0.3 is 14.8 Å². The molecule has 7 nitrogen and oxygen atoms in total. The predicted molar refractivity (Wildman–Crippen MR) is 103 cm³/mol. The van der Waals surface area contributed by atoms with Gasteiger partial charge in [-0.1, -0.05) is 41.0 Å². The molecule has 1 N–H and O–H groups in total. The first-order valence-electron chi connectivity index (χ1n) is 8.03. The number of fused-ring (bicyclic) bond motifs is 2. The molecule has 0 unspecified atom stereocenters. The van der Waals surface area contributed by atoms with Crippen LogP contribution in [0.2, 0.25) is 10.0 Å². The van der Waals surface area contributed by atoms with Crippen molar-refractivity contribution in [3.05, 3.63) is 46.1 Å². The van der Waals surface area contributed by atoms with Crippen LogP contribution in [-0.4, -0.2) is 33.1 Å². The van der Waals surface area contributed by atoms with E-state index >= 15 is 0 Å². The molecule has 0 saturated carbocycles. The number of thioether (sulfide) groups is 1. The van der Waals surface area contributed by atoms with Gasteiger partial charge in [0.25, 0.3) is 0 Å². The van der Waals surface area contributed by atoms with Crippen molar-refractivity contribution in [2.45, 2.75) is 18.1 Å². The smallest absolute Gasteiger partial charge is 0.231 e. The van der Waals surface area contributed by atoms with Crippen molar-refractivity contribution in [3.8, 4) is 11.5 Å². The summed E-state index contributed by atoms with van der Waals surface area (Å²) in [5.74, 6) is 1.45. The average Bonchev–Trinajstić information content (AvgIpc) is 3.25. The molecule has 10 heteroatoms. The Labute approximate surface area is 169 Å². The number of amides is 1. The zero-order chi connectivity index (χ0) is 19.0. The predicted octanol–water partition coefficient (Wildman–Crippen LogP) is 3.73. The lowest BCUT2D eigenvalue weighted by Gasteiger charge is -2.14. The van der Waals surface area contributed by atoms with Gasteiger partial charge >= 0.3 is 0 Å². The lowest BCUT2D eigenvalue weighted by Crippen LogP contribution is -2.28. The number of hydrogen-bond acceptors (Lipinski definition) is 6. The van der Waals surface area contributed by atoms with Crippen molar-refractivity contribution in [3.63, 3.8) is 0 Å². The number of ether oxygens (including phenoxy) is 2. The average molecular weight is 425 g/mol. The van der Waals surface area contributed by atoms with E-state index in [1.165, 1.54) is 11.8 Å². The maximum absolute atomic E-state index is 12.3. The Morgan fingerprint density at radius 1 is 1.30 bits per heavy atom. The second kappa shape index (κ2) is 7.46. The molecule has 0 spiro atoms. The van der Waals surface area contributed by atoms with Crippen LogP contribution in [0.15, 0.2) is 35.6 Å². The van der Waals surface area contributed by atoms with Gasteiger partial charge in [-0.25, -0.2) is 0 Å². The van der Waals surface area contributed by atoms with E-state index < -0.39 is 0 Å². The van der Waals surface area contributed by atoms with Gasteiger partial charge in [-0.15, -0.1) is 10.2 Å². The third-order valence-corrected chi connectivity index (χ3v) is 5.43. The molecular formula is C17H14Cl2N4O3S. The Kier molecular flexibility index (Phi) is 5.03. The summed E-state index contributed by atoms with van der Waals surface area (Å²) in [5.41, 5.74) is 1.43. The number of hydrogen-bond donors (Lipinski definition) is 1. The van der Waals surface area contributed by atoms with Gasteiger partial charge in [-0.2, -0.15) is 0 Å². The number of carbonyl (C=O) groups is 1. The fraction of sp³-hybridized carbons (Fsp3) is 0.235. The highest BCUT2D eigenvalue weighted by Crippen LogP contribution is 2.34. The fourth-order valence-corrected chi connectivity index (χ4v) is 3.91. The van der Waals surface area contributed by atoms with Gasteiger partial charge in [0.1, 0.15) is 0 Å². The van der Waals surface area contributed by atoms with Crippen molar-refractivity contribution in [1.29, 1.82) is 0 Å². The number of carbonyl (C=O) groups excluding carboxylic acids is 1. The van der Waals surface area contributed by atoms with E-state index in [4.69, 9.17) is 32.7 Å². The van der Waals surface area contributed by atoms with E-state index in [2.05, 4.69) is 15.5 Å². The Bertz CT molecular complexity index is 1030. The van der Waals surface area contributed by atoms with Crippen molar-refractivity contribution in [2.75, 3.05) is 12.5 Å². The molecule has 0 radical (unpaired) electrons. The van der Waals surface area contributed by atoms with Crippen LogP contribution in [0.4, 0.5) is 0 Å². The third-order valence-electron chi connectivity index (χ3n) is 4.00. The summed E-state index contributed by atoms with van der Waals surface area (Å²) in [4.78, 5) is 12.3. The maximum atomic E-state index is 12.3. The normalized spacial score (nSPS) is 13.7. The summed E-state index contributed by atoms with van der Waals surface area (Å²) < 4.78 is 12.3. The van der Waals surface area contributed by atoms with Gasteiger partial charge in [0.2, 0.25) is 12.7 Å².